The number of aliphatic carboxylic acids is 1. The summed E-state index contributed by atoms with van der Waals surface area (Å²) in [6, 6.07) is -1.24. The van der Waals surface area contributed by atoms with Crippen molar-refractivity contribution in [1.29, 1.82) is 0 Å². The van der Waals surface area contributed by atoms with Gasteiger partial charge < -0.3 is 24.8 Å². The summed E-state index contributed by atoms with van der Waals surface area (Å²) in [6.07, 6.45) is 0.0784. The van der Waals surface area contributed by atoms with Gasteiger partial charge in [0.2, 0.25) is 0 Å². The number of methoxy groups -OCH3 is 2. The number of nitrogens with one attached hydrogen (secondary N) is 1. The molecule has 1 heterocycles. The third kappa shape index (κ3) is 4.07. The fourth-order valence-electron chi connectivity index (χ4n) is 1.89. The van der Waals surface area contributed by atoms with Crippen LogP contribution in [0.4, 0.5) is 4.79 Å². The van der Waals surface area contributed by atoms with E-state index in [1.807, 2.05) is 13.8 Å². The van der Waals surface area contributed by atoms with Crippen molar-refractivity contribution in [3.05, 3.63) is 0 Å². The molecular formula is C12H22N2O5. The first-order chi connectivity index (χ1) is 8.80. The lowest BCUT2D eigenvalue weighted by molar-refractivity contribution is -0.141. The zero-order valence-corrected chi connectivity index (χ0v) is 11.8. The van der Waals surface area contributed by atoms with E-state index in [9.17, 15) is 9.59 Å². The fourth-order valence-corrected chi connectivity index (χ4v) is 1.89. The maximum absolute atomic E-state index is 12.0. The van der Waals surface area contributed by atoms with Gasteiger partial charge in [0.05, 0.1) is 11.7 Å². The van der Waals surface area contributed by atoms with Gasteiger partial charge in [-0.15, -0.1) is 0 Å². The molecule has 1 saturated heterocycles. The van der Waals surface area contributed by atoms with Crippen LogP contribution in [0, 0.1) is 0 Å². The Kier molecular flexibility index (Phi) is 5.13. The van der Waals surface area contributed by atoms with E-state index in [2.05, 4.69) is 5.32 Å². The number of carboxylic acids is 1. The molecule has 7 heteroatoms. The van der Waals surface area contributed by atoms with Crippen LogP contribution < -0.4 is 5.32 Å². The largest absolute Gasteiger partial charge is 0.480 e. The molecule has 7 nitrogen and oxygen atoms in total. The number of urea groups is 1. The molecule has 0 aliphatic carbocycles. The minimum Gasteiger partial charge on any atom is -0.480 e. The van der Waals surface area contributed by atoms with E-state index >= 15 is 0 Å². The maximum atomic E-state index is 12.0. The summed E-state index contributed by atoms with van der Waals surface area (Å²) in [5.74, 6) is -1.01. The second-order valence-electron chi connectivity index (χ2n) is 5.22. The van der Waals surface area contributed by atoms with Crippen molar-refractivity contribution in [2.45, 2.75) is 38.0 Å². The summed E-state index contributed by atoms with van der Waals surface area (Å²) in [5.41, 5.74) is -0.491. The molecule has 0 spiro atoms. The topological polar surface area (TPSA) is 88.1 Å². The van der Waals surface area contributed by atoms with Crippen LogP contribution in [0.25, 0.3) is 0 Å². The van der Waals surface area contributed by atoms with Crippen molar-refractivity contribution >= 4 is 12.0 Å². The lowest BCUT2D eigenvalue weighted by Gasteiger charge is -2.26. The van der Waals surface area contributed by atoms with Gasteiger partial charge in [-0.05, 0) is 13.8 Å². The third-order valence-electron chi connectivity index (χ3n) is 3.36. The molecule has 2 unspecified atom stereocenters. The summed E-state index contributed by atoms with van der Waals surface area (Å²) < 4.78 is 10.3. The number of rotatable bonds is 5. The Labute approximate surface area is 112 Å². The monoisotopic (exact) mass is 274 g/mol. The standard InChI is InChI=1S/C12H22N2O5/c1-12(2,19-4)7-13-11(17)14-6-8(18-3)5-9(14)10(15)16/h8-9H,5-7H2,1-4H3,(H,13,17)(H,15,16). The number of amides is 2. The number of ether oxygens (including phenoxy) is 2. The molecule has 19 heavy (non-hydrogen) atoms. The van der Waals surface area contributed by atoms with Gasteiger partial charge in [0, 0.05) is 33.7 Å². The lowest BCUT2D eigenvalue weighted by atomic mass is 10.1. The van der Waals surface area contributed by atoms with Crippen LogP contribution >= 0.6 is 0 Å². The van der Waals surface area contributed by atoms with E-state index in [0.29, 0.717) is 13.0 Å². The highest BCUT2D eigenvalue weighted by molar-refractivity contribution is 5.83. The normalized spacial score (nSPS) is 23.5. The van der Waals surface area contributed by atoms with Crippen molar-refractivity contribution in [1.82, 2.24) is 10.2 Å². The van der Waals surface area contributed by atoms with Crippen molar-refractivity contribution in [3.8, 4) is 0 Å². The van der Waals surface area contributed by atoms with Crippen LogP contribution in [-0.2, 0) is 14.3 Å². The highest BCUT2D eigenvalue weighted by Crippen LogP contribution is 2.20. The molecule has 2 N–H and O–H groups in total. The molecule has 110 valence electrons. The van der Waals surface area contributed by atoms with Gasteiger partial charge >= 0.3 is 12.0 Å². The van der Waals surface area contributed by atoms with Gasteiger partial charge in [-0.25, -0.2) is 9.59 Å². The van der Waals surface area contributed by atoms with Crippen molar-refractivity contribution in [2.24, 2.45) is 0 Å². The molecule has 0 aromatic carbocycles. The summed E-state index contributed by atoms with van der Waals surface area (Å²) in [7, 11) is 3.07. The SMILES string of the molecule is COC1CC(C(=O)O)N(C(=O)NCC(C)(C)OC)C1. The van der Waals surface area contributed by atoms with Crippen molar-refractivity contribution in [3.63, 3.8) is 0 Å². The first-order valence-corrected chi connectivity index (χ1v) is 6.16. The highest BCUT2D eigenvalue weighted by atomic mass is 16.5. The number of hydrogen-bond donors (Lipinski definition) is 2. The molecular weight excluding hydrogens is 252 g/mol. The minimum absolute atomic E-state index is 0.234. The number of carboxylic acid groups (broad SMARTS) is 1. The molecule has 0 saturated carbocycles. The molecule has 0 aromatic heterocycles. The average Bonchev–Trinajstić information content (AvgIpc) is 2.80. The lowest BCUT2D eigenvalue weighted by Crippen LogP contribution is -2.49. The van der Waals surface area contributed by atoms with Gasteiger partial charge in [0.15, 0.2) is 0 Å². The van der Waals surface area contributed by atoms with E-state index < -0.39 is 23.6 Å². The van der Waals surface area contributed by atoms with E-state index in [0.717, 1.165) is 0 Å². The summed E-state index contributed by atoms with van der Waals surface area (Å²) in [4.78, 5) is 24.5. The summed E-state index contributed by atoms with van der Waals surface area (Å²) in [5, 5.41) is 11.8. The molecule has 1 rings (SSSR count). The summed E-state index contributed by atoms with van der Waals surface area (Å²) >= 11 is 0. The Morgan fingerprint density at radius 3 is 2.53 bits per heavy atom. The van der Waals surface area contributed by atoms with Crippen LogP contribution in [0.1, 0.15) is 20.3 Å². The van der Waals surface area contributed by atoms with E-state index in [1.165, 1.54) is 12.0 Å². The molecule has 0 bridgehead atoms. The molecule has 2 amide bonds. The van der Waals surface area contributed by atoms with Gasteiger partial charge in [0.25, 0.3) is 0 Å². The number of hydrogen-bond acceptors (Lipinski definition) is 4. The molecule has 1 fully saturated rings. The van der Waals surface area contributed by atoms with Gasteiger partial charge in [-0.3, -0.25) is 0 Å². The number of nitrogens with zero attached hydrogens (tertiary/aromatic N) is 1. The van der Waals surface area contributed by atoms with Gasteiger partial charge in [-0.2, -0.15) is 0 Å². The fraction of sp³-hybridized carbons (Fsp3) is 0.833. The van der Waals surface area contributed by atoms with Crippen molar-refractivity contribution in [2.75, 3.05) is 27.3 Å². The van der Waals surface area contributed by atoms with Crippen LogP contribution in [0.15, 0.2) is 0 Å². The van der Waals surface area contributed by atoms with Crippen LogP contribution in [0.3, 0.4) is 0 Å². The number of carbonyl (C=O) groups excluding carboxylic acids is 1. The predicted octanol–water partition coefficient (Wildman–Crippen LogP) is 0.295. The second kappa shape index (κ2) is 6.21. The molecule has 1 aliphatic rings. The van der Waals surface area contributed by atoms with Crippen LogP contribution in [0.5, 0.6) is 0 Å². The minimum atomic E-state index is -1.01. The zero-order valence-electron chi connectivity index (χ0n) is 11.8. The Morgan fingerprint density at radius 1 is 1.42 bits per heavy atom. The second-order valence-corrected chi connectivity index (χ2v) is 5.22. The van der Waals surface area contributed by atoms with Gasteiger partial charge in [0.1, 0.15) is 6.04 Å². The Morgan fingerprint density at radius 2 is 2.05 bits per heavy atom. The summed E-state index contributed by atoms with van der Waals surface area (Å²) in [6.45, 7) is 4.27. The predicted molar refractivity (Wildman–Crippen MR) is 68.0 cm³/mol. The van der Waals surface area contributed by atoms with Crippen LogP contribution in [-0.4, -0.2) is 67.1 Å². The van der Waals surface area contributed by atoms with E-state index in [4.69, 9.17) is 14.6 Å². The van der Waals surface area contributed by atoms with Gasteiger partial charge in [-0.1, -0.05) is 0 Å². The molecule has 1 aliphatic heterocycles. The Bertz CT molecular complexity index is 345. The molecule has 0 aromatic rings. The highest BCUT2D eigenvalue weighted by Gasteiger charge is 2.40. The Hall–Kier alpha value is -1.34. The third-order valence-corrected chi connectivity index (χ3v) is 3.36. The molecule has 0 radical (unpaired) electrons. The van der Waals surface area contributed by atoms with E-state index in [1.54, 1.807) is 7.11 Å². The maximum Gasteiger partial charge on any atom is 0.326 e. The number of carbonyl (C=O) groups is 2. The first-order valence-electron chi connectivity index (χ1n) is 6.16. The zero-order chi connectivity index (χ0) is 14.6. The van der Waals surface area contributed by atoms with E-state index in [-0.39, 0.29) is 12.6 Å². The van der Waals surface area contributed by atoms with Crippen LogP contribution in [0.2, 0.25) is 0 Å². The quantitative estimate of drug-likeness (QED) is 0.752. The average molecular weight is 274 g/mol. The molecule has 2 atom stereocenters. The smallest absolute Gasteiger partial charge is 0.326 e. The number of likely N-dealkylation sites (tertiary alicyclic amines) is 1. The van der Waals surface area contributed by atoms with Crippen molar-refractivity contribution < 1.29 is 24.2 Å². The Balaban J connectivity index is 2.62. The first kappa shape index (κ1) is 15.7.